The molecule has 0 saturated carbocycles. The summed E-state index contributed by atoms with van der Waals surface area (Å²) >= 11 is 1.64. The molecule has 4 nitrogen and oxygen atoms in total. The van der Waals surface area contributed by atoms with Gasteiger partial charge >= 0.3 is 0 Å². The predicted octanol–water partition coefficient (Wildman–Crippen LogP) is 4.91. The van der Waals surface area contributed by atoms with Crippen molar-refractivity contribution >= 4 is 28.1 Å². The monoisotopic (exact) mass is 347 g/mol. The van der Waals surface area contributed by atoms with Crippen molar-refractivity contribution < 1.29 is 5.11 Å². The molecule has 0 aliphatic rings. The molecule has 0 radical (unpaired) electrons. The summed E-state index contributed by atoms with van der Waals surface area (Å²) in [7, 11) is 0. The van der Waals surface area contributed by atoms with Gasteiger partial charge in [0.05, 0.1) is 6.04 Å². The largest absolute Gasteiger partial charge is 0.505 e. The Labute approximate surface area is 149 Å². The molecule has 0 fully saturated rings. The van der Waals surface area contributed by atoms with E-state index in [0.29, 0.717) is 5.52 Å². The highest BCUT2D eigenvalue weighted by Crippen LogP contribution is 2.37. The molecule has 3 heterocycles. The summed E-state index contributed by atoms with van der Waals surface area (Å²) in [6.07, 6.45) is 1.75. The molecule has 0 unspecified atom stereocenters. The molecule has 0 aliphatic carbocycles. The van der Waals surface area contributed by atoms with Crippen LogP contribution in [0.3, 0.4) is 0 Å². The molecular weight excluding hydrogens is 330 g/mol. The van der Waals surface area contributed by atoms with Gasteiger partial charge in [0.25, 0.3) is 0 Å². The average Bonchev–Trinajstić information content (AvgIpc) is 3.16. The Kier molecular flexibility index (Phi) is 4.07. The quantitative estimate of drug-likeness (QED) is 0.551. The summed E-state index contributed by atoms with van der Waals surface area (Å²) in [6, 6.07) is 17.5. The number of fused-ring (bicyclic) bond motifs is 1. The van der Waals surface area contributed by atoms with E-state index in [4.69, 9.17) is 0 Å². The predicted molar refractivity (Wildman–Crippen MR) is 102 cm³/mol. The minimum absolute atomic E-state index is 0.193. The fourth-order valence-electron chi connectivity index (χ4n) is 2.87. The van der Waals surface area contributed by atoms with Crippen LogP contribution in [-0.2, 0) is 0 Å². The lowest BCUT2D eigenvalue weighted by molar-refractivity contribution is 0.472. The van der Waals surface area contributed by atoms with Crippen LogP contribution in [0.4, 0.5) is 5.82 Å². The average molecular weight is 347 g/mol. The Hall–Kier alpha value is -2.92. The highest BCUT2D eigenvalue weighted by atomic mass is 32.1. The van der Waals surface area contributed by atoms with Crippen LogP contribution in [0.2, 0.25) is 0 Å². The number of aryl methyl sites for hydroxylation is 1. The first-order valence-corrected chi connectivity index (χ1v) is 8.90. The molecule has 2 N–H and O–H groups in total. The van der Waals surface area contributed by atoms with Gasteiger partial charge in [-0.15, -0.1) is 11.3 Å². The van der Waals surface area contributed by atoms with Crippen molar-refractivity contribution in [3.8, 4) is 5.75 Å². The third kappa shape index (κ3) is 3.06. The van der Waals surface area contributed by atoms with Crippen LogP contribution in [0.25, 0.3) is 10.9 Å². The van der Waals surface area contributed by atoms with Crippen molar-refractivity contribution in [2.24, 2.45) is 0 Å². The Morgan fingerprint density at radius 1 is 1.04 bits per heavy atom. The minimum atomic E-state index is -0.193. The molecule has 0 amide bonds. The maximum Gasteiger partial charge on any atom is 0.147 e. The van der Waals surface area contributed by atoms with Crippen molar-refractivity contribution in [2.45, 2.75) is 13.0 Å². The summed E-state index contributed by atoms with van der Waals surface area (Å²) in [5, 5.41) is 17.3. The number of nitrogens with zero attached hydrogens (tertiary/aromatic N) is 2. The second-order valence-electron chi connectivity index (χ2n) is 5.84. The van der Waals surface area contributed by atoms with Crippen LogP contribution in [0, 0.1) is 6.92 Å². The summed E-state index contributed by atoms with van der Waals surface area (Å²) in [4.78, 5) is 9.98. The Balaban J connectivity index is 1.84. The first-order valence-electron chi connectivity index (χ1n) is 8.02. The Morgan fingerprint density at radius 3 is 2.68 bits per heavy atom. The molecule has 1 atom stereocenters. The lowest BCUT2D eigenvalue weighted by Gasteiger charge is -2.20. The number of hydrogen-bond donors (Lipinski definition) is 2. The summed E-state index contributed by atoms with van der Waals surface area (Å²) in [5.41, 5.74) is 2.30. The molecule has 4 aromatic rings. The Bertz CT molecular complexity index is 1000. The number of hydrogen-bond acceptors (Lipinski definition) is 5. The first-order chi connectivity index (χ1) is 12.2. The fraction of sp³-hybridized carbons (Fsp3) is 0.100. The van der Waals surface area contributed by atoms with Gasteiger partial charge in [0.2, 0.25) is 0 Å². The van der Waals surface area contributed by atoms with E-state index in [1.54, 1.807) is 17.5 Å². The third-order valence-corrected chi connectivity index (χ3v) is 5.04. The maximum absolute atomic E-state index is 10.9. The summed E-state index contributed by atoms with van der Waals surface area (Å²) in [6.45, 7) is 1.93. The number of aromatic nitrogens is 2. The number of anilines is 1. The topological polar surface area (TPSA) is 58.0 Å². The van der Waals surface area contributed by atoms with Gasteiger partial charge in [-0.1, -0.05) is 30.3 Å². The second-order valence-corrected chi connectivity index (χ2v) is 6.81. The van der Waals surface area contributed by atoms with Gasteiger partial charge in [0.1, 0.15) is 17.1 Å². The van der Waals surface area contributed by atoms with Crippen LogP contribution < -0.4 is 5.32 Å². The lowest BCUT2D eigenvalue weighted by atomic mass is 10.0. The van der Waals surface area contributed by atoms with Crippen molar-refractivity contribution in [1.82, 2.24) is 9.97 Å². The van der Waals surface area contributed by atoms with E-state index in [1.807, 2.05) is 60.8 Å². The van der Waals surface area contributed by atoms with Gasteiger partial charge in [-0.2, -0.15) is 0 Å². The molecule has 25 heavy (non-hydrogen) atoms. The van der Waals surface area contributed by atoms with Crippen LogP contribution in [0.15, 0.2) is 66.2 Å². The maximum atomic E-state index is 10.9. The van der Waals surface area contributed by atoms with E-state index >= 15 is 0 Å². The van der Waals surface area contributed by atoms with Gasteiger partial charge < -0.3 is 10.4 Å². The molecule has 1 aromatic carbocycles. The number of aromatic hydroxyl groups is 1. The van der Waals surface area contributed by atoms with Crippen LogP contribution in [0.1, 0.15) is 22.2 Å². The number of phenols is 1. The van der Waals surface area contributed by atoms with E-state index in [1.165, 1.54) is 0 Å². The van der Waals surface area contributed by atoms with Crippen molar-refractivity contribution in [2.75, 3.05) is 5.32 Å². The molecular formula is C20H17N3OS. The lowest BCUT2D eigenvalue weighted by Crippen LogP contribution is -2.12. The number of rotatable bonds is 4. The van der Waals surface area contributed by atoms with Gasteiger partial charge in [0.15, 0.2) is 0 Å². The Morgan fingerprint density at radius 2 is 1.92 bits per heavy atom. The smallest absolute Gasteiger partial charge is 0.147 e. The van der Waals surface area contributed by atoms with Crippen molar-refractivity contribution in [3.05, 3.63) is 82.3 Å². The van der Waals surface area contributed by atoms with Crippen LogP contribution >= 0.6 is 11.3 Å². The molecule has 0 spiro atoms. The van der Waals surface area contributed by atoms with Crippen LogP contribution in [0.5, 0.6) is 5.75 Å². The van der Waals surface area contributed by atoms with Gasteiger partial charge in [-0.25, -0.2) is 9.97 Å². The number of nitrogens with one attached hydrogen (secondary N) is 1. The first kappa shape index (κ1) is 15.6. The summed E-state index contributed by atoms with van der Waals surface area (Å²) < 4.78 is 0. The molecule has 124 valence electrons. The van der Waals surface area contributed by atoms with Gasteiger partial charge in [0, 0.05) is 27.7 Å². The highest BCUT2D eigenvalue weighted by molar-refractivity contribution is 7.10. The molecule has 3 aromatic heterocycles. The van der Waals surface area contributed by atoms with E-state index in [-0.39, 0.29) is 11.8 Å². The van der Waals surface area contributed by atoms with E-state index in [2.05, 4.69) is 21.4 Å². The molecule has 0 saturated heterocycles. The zero-order chi connectivity index (χ0) is 17.2. The highest BCUT2D eigenvalue weighted by Gasteiger charge is 2.21. The zero-order valence-corrected chi connectivity index (χ0v) is 14.5. The van der Waals surface area contributed by atoms with Gasteiger partial charge in [-0.3, -0.25) is 0 Å². The number of pyridine rings is 2. The summed E-state index contributed by atoms with van der Waals surface area (Å²) in [5.74, 6) is 0.973. The standard InChI is InChI=1S/C20H17N3OS/c1-13-7-8-14-9-10-15(20(24)18(14)22-13)19(16-5-4-12-25-16)23-17-6-2-3-11-21-17/h2-12,19,24H,1H3,(H,21,23)/t19-/m1/s1. The van der Waals surface area contributed by atoms with E-state index in [0.717, 1.165) is 27.3 Å². The SMILES string of the molecule is Cc1ccc2ccc([C@@H](Nc3ccccn3)c3cccs3)c(O)c2n1. The molecule has 5 heteroatoms. The van der Waals surface area contributed by atoms with Crippen molar-refractivity contribution in [3.63, 3.8) is 0 Å². The number of benzene rings is 1. The fourth-order valence-corrected chi connectivity index (χ4v) is 3.67. The van der Waals surface area contributed by atoms with Gasteiger partial charge in [-0.05, 0) is 36.6 Å². The van der Waals surface area contributed by atoms with E-state index in [9.17, 15) is 5.11 Å². The zero-order valence-electron chi connectivity index (χ0n) is 13.7. The molecule has 0 bridgehead atoms. The minimum Gasteiger partial charge on any atom is -0.505 e. The molecule has 0 aliphatic heterocycles. The second kappa shape index (κ2) is 6.53. The number of thiophene rings is 1. The molecule has 4 rings (SSSR count). The number of phenolic OH excluding ortho intramolecular Hbond substituents is 1. The van der Waals surface area contributed by atoms with E-state index < -0.39 is 0 Å². The van der Waals surface area contributed by atoms with Crippen LogP contribution in [-0.4, -0.2) is 15.1 Å². The van der Waals surface area contributed by atoms with Crippen molar-refractivity contribution in [1.29, 1.82) is 0 Å². The normalized spacial score (nSPS) is 12.2. The third-order valence-electron chi connectivity index (χ3n) is 4.10.